The molecule has 2 aliphatic heterocycles. The maximum Gasteiger partial charge on any atom is 0.387 e. The van der Waals surface area contributed by atoms with E-state index >= 15 is 0 Å². The number of hydrogen-bond donors (Lipinski definition) is 0. The Labute approximate surface area is 175 Å². The highest BCUT2D eigenvalue weighted by atomic mass is 19.3. The highest BCUT2D eigenvalue weighted by Gasteiger charge is 2.30. The Hall–Kier alpha value is -2.64. The number of rotatable bonds is 6. The Morgan fingerprint density at radius 2 is 1.73 bits per heavy atom. The van der Waals surface area contributed by atoms with Crippen LogP contribution in [0.2, 0.25) is 0 Å². The summed E-state index contributed by atoms with van der Waals surface area (Å²) in [6, 6.07) is 4.49. The minimum absolute atomic E-state index is 0.00256. The number of nitrogens with zero attached hydrogens (tertiary/aromatic N) is 2. The van der Waals surface area contributed by atoms with Gasteiger partial charge >= 0.3 is 6.61 Å². The fraction of sp³-hybridized carbons (Fsp3) is 0.545. The molecule has 30 heavy (non-hydrogen) atoms. The molecule has 8 heteroatoms. The summed E-state index contributed by atoms with van der Waals surface area (Å²) >= 11 is 0. The van der Waals surface area contributed by atoms with Gasteiger partial charge in [0.1, 0.15) is 0 Å². The first-order valence-electron chi connectivity index (χ1n) is 10.4. The van der Waals surface area contributed by atoms with Crippen molar-refractivity contribution in [3.63, 3.8) is 0 Å². The predicted molar refractivity (Wildman–Crippen MR) is 108 cm³/mol. The fourth-order valence-corrected chi connectivity index (χ4v) is 3.97. The van der Waals surface area contributed by atoms with E-state index in [4.69, 9.17) is 4.74 Å². The largest absolute Gasteiger partial charge is 0.493 e. The van der Waals surface area contributed by atoms with Crippen molar-refractivity contribution in [2.24, 2.45) is 5.92 Å². The van der Waals surface area contributed by atoms with Crippen molar-refractivity contribution in [2.75, 3.05) is 33.3 Å². The van der Waals surface area contributed by atoms with Crippen LogP contribution in [0, 0.1) is 5.92 Å². The summed E-state index contributed by atoms with van der Waals surface area (Å²) in [6.07, 6.45) is 7.78. The number of benzene rings is 1. The molecule has 1 aromatic rings. The van der Waals surface area contributed by atoms with Gasteiger partial charge in [0.25, 0.3) is 0 Å². The lowest BCUT2D eigenvalue weighted by molar-refractivity contribution is -0.140. The van der Waals surface area contributed by atoms with Gasteiger partial charge in [-0.15, -0.1) is 0 Å². The standard InChI is InChI=1S/C22H28F2N2O4/c1-29-19-15-16(5-7-18(19)30-22(23)24)6-8-20(27)25-13-9-17(10-14-25)21(28)26-11-3-2-4-12-26/h5-8,15,17,22H,2-4,9-14H2,1H3. The summed E-state index contributed by atoms with van der Waals surface area (Å²) in [4.78, 5) is 28.9. The average molecular weight is 422 g/mol. The first-order valence-corrected chi connectivity index (χ1v) is 10.4. The van der Waals surface area contributed by atoms with Crippen LogP contribution in [0.25, 0.3) is 6.08 Å². The number of methoxy groups -OCH3 is 1. The number of halogens is 2. The summed E-state index contributed by atoms with van der Waals surface area (Å²) in [5, 5.41) is 0. The molecule has 0 atom stereocenters. The van der Waals surface area contributed by atoms with Gasteiger partial charge in [0.05, 0.1) is 7.11 Å². The van der Waals surface area contributed by atoms with E-state index in [2.05, 4.69) is 4.74 Å². The summed E-state index contributed by atoms with van der Waals surface area (Å²) in [5.41, 5.74) is 0.636. The van der Waals surface area contributed by atoms with Crippen LogP contribution in [-0.2, 0) is 9.59 Å². The van der Waals surface area contributed by atoms with Crippen molar-refractivity contribution in [3.05, 3.63) is 29.8 Å². The van der Waals surface area contributed by atoms with Crippen LogP contribution >= 0.6 is 0 Å². The summed E-state index contributed by atoms with van der Waals surface area (Å²) in [5.74, 6) is 0.211. The second-order valence-corrected chi connectivity index (χ2v) is 7.61. The topological polar surface area (TPSA) is 59.1 Å². The van der Waals surface area contributed by atoms with E-state index in [1.807, 2.05) is 4.90 Å². The first-order chi connectivity index (χ1) is 14.5. The molecule has 0 N–H and O–H groups in total. The van der Waals surface area contributed by atoms with Crippen LogP contribution in [0.4, 0.5) is 8.78 Å². The lowest BCUT2D eigenvalue weighted by atomic mass is 9.94. The van der Waals surface area contributed by atoms with Gasteiger partial charge < -0.3 is 19.3 Å². The second kappa shape index (κ2) is 10.4. The molecule has 0 bridgehead atoms. The van der Waals surface area contributed by atoms with Crippen LogP contribution in [-0.4, -0.2) is 61.5 Å². The monoisotopic (exact) mass is 422 g/mol. The fourth-order valence-electron chi connectivity index (χ4n) is 3.97. The van der Waals surface area contributed by atoms with E-state index in [1.165, 1.54) is 31.7 Å². The zero-order valence-corrected chi connectivity index (χ0v) is 17.2. The zero-order chi connectivity index (χ0) is 21.5. The van der Waals surface area contributed by atoms with Gasteiger partial charge in [0.15, 0.2) is 11.5 Å². The number of amides is 2. The molecule has 0 aromatic heterocycles. The van der Waals surface area contributed by atoms with Crippen molar-refractivity contribution < 1.29 is 27.8 Å². The molecule has 3 rings (SSSR count). The number of carbonyl (C=O) groups is 2. The third-order valence-corrected chi connectivity index (χ3v) is 5.65. The van der Waals surface area contributed by atoms with Gasteiger partial charge in [-0.25, -0.2) is 0 Å². The molecule has 2 saturated heterocycles. The number of carbonyl (C=O) groups excluding carboxylic acids is 2. The Balaban J connectivity index is 1.53. The Kier molecular flexibility index (Phi) is 7.65. The Morgan fingerprint density at radius 1 is 1.03 bits per heavy atom. The van der Waals surface area contributed by atoms with Gasteiger partial charge in [0, 0.05) is 38.2 Å². The molecule has 6 nitrogen and oxygen atoms in total. The smallest absolute Gasteiger partial charge is 0.387 e. The third kappa shape index (κ3) is 5.70. The van der Waals surface area contributed by atoms with Crippen molar-refractivity contribution in [2.45, 2.75) is 38.7 Å². The number of piperidine rings is 2. The summed E-state index contributed by atoms with van der Waals surface area (Å²) in [7, 11) is 1.36. The van der Waals surface area contributed by atoms with Gasteiger partial charge in [-0.2, -0.15) is 8.78 Å². The van der Waals surface area contributed by atoms with Crippen LogP contribution in [0.3, 0.4) is 0 Å². The molecule has 2 heterocycles. The third-order valence-electron chi connectivity index (χ3n) is 5.65. The van der Waals surface area contributed by atoms with E-state index in [-0.39, 0.29) is 29.2 Å². The van der Waals surface area contributed by atoms with E-state index in [0.717, 1.165) is 25.9 Å². The average Bonchev–Trinajstić information content (AvgIpc) is 2.78. The highest BCUT2D eigenvalue weighted by molar-refractivity contribution is 5.92. The quantitative estimate of drug-likeness (QED) is 0.658. The molecule has 0 aliphatic carbocycles. The molecule has 2 fully saturated rings. The second-order valence-electron chi connectivity index (χ2n) is 7.61. The maximum atomic E-state index is 12.6. The Bertz CT molecular complexity index is 770. The molecule has 0 saturated carbocycles. The van der Waals surface area contributed by atoms with Crippen LogP contribution in [0.1, 0.15) is 37.7 Å². The van der Waals surface area contributed by atoms with Gasteiger partial charge in [-0.1, -0.05) is 6.07 Å². The summed E-state index contributed by atoms with van der Waals surface area (Å²) < 4.78 is 34.3. The van der Waals surface area contributed by atoms with Crippen LogP contribution in [0.15, 0.2) is 24.3 Å². The van der Waals surface area contributed by atoms with Gasteiger partial charge in [0.2, 0.25) is 11.8 Å². The SMILES string of the molecule is COc1cc(C=CC(=O)N2CCC(C(=O)N3CCCCC3)CC2)ccc1OC(F)F. The Morgan fingerprint density at radius 3 is 2.37 bits per heavy atom. The van der Waals surface area contributed by atoms with E-state index in [1.54, 1.807) is 17.0 Å². The molecule has 0 unspecified atom stereocenters. The van der Waals surface area contributed by atoms with Crippen molar-refractivity contribution >= 4 is 17.9 Å². The molecule has 2 aliphatic rings. The molecule has 0 spiro atoms. The lowest BCUT2D eigenvalue weighted by Crippen LogP contribution is -2.45. The predicted octanol–water partition coefficient (Wildman–Crippen LogP) is 3.56. The van der Waals surface area contributed by atoms with Gasteiger partial charge in [-0.3, -0.25) is 9.59 Å². The number of likely N-dealkylation sites (tertiary alicyclic amines) is 2. The van der Waals surface area contributed by atoms with Crippen LogP contribution < -0.4 is 9.47 Å². The molecular formula is C22H28F2N2O4. The minimum Gasteiger partial charge on any atom is -0.493 e. The molecular weight excluding hydrogens is 394 g/mol. The van der Waals surface area contributed by atoms with E-state index in [9.17, 15) is 18.4 Å². The normalized spacial score (nSPS) is 18.1. The van der Waals surface area contributed by atoms with Crippen molar-refractivity contribution in [1.82, 2.24) is 9.80 Å². The molecule has 2 amide bonds. The molecule has 0 radical (unpaired) electrons. The van der Waals surface area contributed by atoms with Gasteiger partial charge in [-0.05, 0) is 55.9 Å². The number of ether oxygens (including phenoxy) is 2. The summed E-state index contributed by atoms with van der Waals surface area (Å²) in [6.45, 7) is -0.126. The minimum atomic E-state index is -2.94. The number of hydrogen-bond acceptors (Lipinski definition) is 4. The van der Waals surface area contributed by atoms with Crippen molar-refractivity contribution in [3.8, 4) is 11.5 Å². The van der Waals surface area contributed by atoms with E-state index in [0.29, 0.717) is 31.5 Å². The number of alkyl halides is 2. The van der Waals surface area contributed by atoms with E-state index < -0.39 is 6.61 Å². The molecule has 1 aromatic carbocycles. The van der Waals surface area contributed by atoms with Crippen LogP contribution in [0.5, 0.6) is 11.5 Å². The van der Waals surface area contributed by atoms with Crippen molar-refractivity contribution in [1.29, 1.82) is 0 Å². The first kappa shape index (κ1) is 22.1. The highest BCUT2D eigenvalue weighted by Crippen LogP contribution is 2.30. The maximum absolute atomic E-state index is 12.6. The molecule has 164 valence electrons. The zero-order valence-electron chi connectivity index (χ0n) is 17.2. The lowest BCUT2D eigenvalue weighted by Gasteiger charge is -2.35.